The predicted octanol–water partition coefficient (Wildman–Crippen LogP) is 4.48. The fourth-order valence-electron chi connectivity index (χ4n) is 3.18. The van der Waals surface area contributed by atoms with E-state index in [2.05, 4.69) is 0 Å². The third-order valence-corrected chi connectivity index (χ3v) is 5.66. The quantitative estimate of drug-likeness (QED) is 0.658. The number of carboxylic acid groups (broad SMARTS) is 1. The molecule has 0 aliphatic carbocycles. The Morgan fingerprint density at radius 2 is 1.62 bits per heavy atom. The molecule has 3 aromatic rings. The minimum absolute atomic E-state index is 0.144. The number of halogens is 3. The number of carboxylic acids is 1. The van der Waals surface area contributed by atoms with Crippen LogP contribution in [0.5, 0.6) is 0 Å². The molecule has 4 nitrogen and oxygen atoms in total. The average Bonchev–Trinajstić information content (AvgIpc) is 2.59. The summed E-state index contributed by atoms with van der Waals surface area (Å²) in [7, 11) is -3.36. The van der Waals surface area contributed by atoms with Crippen molar-refractivity contribution in [2.24, 2.45) is 0 Å². The SMILES string of the molecule is CS(=O)(=O)c1ccc(Cc2cc(CC(=O)O)cc3ccc(C(F)(F)F)cc23)cc1. The number of hydrogen-bond acceptors (Lipinski definition) is 3. The van der Waals surface area contributed by atoms with Crippen molar-refractivity contribution >= 4 is 26.6 Å². The minimum Gasteiger partial charge on any atom is -0.481 e. The van der Waals surface area contributed by atoms with Crippen molar-refractivity contribution in [3.8, 4) is 0 Å². The first-order chi connectivity index (χ1) is 13.4. The van der Waals surface area contributed by atoms with E-state index in [0.29, 0.717) is 27.5 Å². The molecular formula is C21H17F3O4S. The number of sulfone groups is 1. The molecule has 29 heavy (non-hydrogen) atoms. The number of alkyl halides is 3. The van der Waals surface area contributed by atoms with Crippen LogP contribution >= 0.6 is 0 Å². The Bertz CT molecular complexity index is 1180. The summed E-state index contributed by atoms with van der Waals surface area (Å²) in [5, 5.41) is 9.96. The van der Waals surface area contributed by atoms with Gasteiger partial charge in [0.15, 0.2) is 9.84 Å². The molecule has 0 saturated carbocycles. The highest BCUT2D eigenvalue weighted by atomic mass is 32.2. The summed E-state index contributed by atoms with van der Waals surface area (Å²) in [5.41, 5.74) is 0.928. The van der Waals surface area contributed by atoms with Crippen LogP contribution in [0.4, 0.5) is 13.2 Å². The zero-order valence-electron chi connectivity index (χ0n) is 15.3. The van der Waals surface area contributed by atoms with Gasteiger partial charge in [0.1, 0.15) is 0 Å². The number of fused-ring (bicyclic) bond motifs is 1. The van der Waals surface area contributed by atoms with E-state index in [9.17, 15) is 26.4 Å². The second-order valence-corrected chi connectivity index (χ2v) is 8.87. The number of aliphatic carboxylic acids is 1. The van der Waals surface area contributed by atoms with Crippen molar-refractivity contribution in [2.75, 3.05) is 6.26 Å². The Hall–Kier alpha value is -2.87. The van der Waals surface area contributed by atoms with Gasteiger partial charge in [0.2, 0.25) is 0 Å². The van der Waals surface area contributed by atoms with E-state index in [4.69, 9.17) is 5.11 Å². The van der Waals surface area contributed by atoms with Crippen molar-refractivity contribution in [1.29, 1.82) is 0 Å². The summed E-state index contributed by atoms with van der Waals surface area (Å²) in [6.07, 6.45) is -3.43. The maximum Gasteiger partial charge on any atom is 0.416 e. The Morgan fingerprint density at radius 1 is 0.966 bits per heavy atom. The molecule has 0 radical (unpaired) electrons. The Morgan fingerprint density at radius 3 is 2.17 bits per heavy atom. The van der Waals surface area contributed by atoms with Crippen LogP contribution < -0.4 is 0 Å². The molecule has 152 valence electrons. The molecule has 0 aliphatic rings. The average molecular weight is 422 g/mol. The molecule has 3 rings (SSSR count). The molecular weight excluding hydrogens is 405 g/mol. The van der Waals surface area contributed by atoms with Gasteiger partial charge in [0.05, 0.1) is 16.9 Å². The van der Waals surface area contributed by atoms with Crippen molar-refractivity contribution in [1.82, 2.24) is 0 Å². The van der Waals surface area contributed by atoms with Crippen molar-refractivity contribution in [2.45, 2.75) is 23.9 Å². The summed E-state index contributed by atoms with van der Waals surface area (Å²) >= 11 is 0. The molecule has 0 heterocycles. The Balaban J connectivity index is 2.10. The molecule has 0 saturated heterocycles. The van der Waals surface area contributed by atoms with E-state index >= 15 is 0 Å². The molecule has 0 bridgehead atoms. The van der Waals surface area contributed by atoms with Gasteiger partial charge in [-0.15, -0.1) is 0 Å². The first kappa shape index (κ1) is 20.9. The zero-order chi connectivity index (χ0) is 21.4. The van der Waals surface area contributed by atoms with Crippen LogP contribution in [0.2, 0.25) is 0 Å². The number of benzene rings is 3. The fourth-order valence-corrected chi connectivity index (χ4v) is 3.81. The van der Waals surface area contributed by atoms with Crippen LogP contribution in [-0.2, 0) is 33.6 Å². The lowest BCUT2D eigenvalue weighted by Gasteiger charge is -2.13. The van der Waals surface area contributed by atoms with Gasteiger partial charge < -0.3 is 5.11 Å². The monoisotopic (exact) mass is 422 g/mol. The van der Waals surface area contributed by atoms with Crippen LogP contribution in [0.3, 0.4) is 0 Å². The van der Waals surface area contributed by atoms with E-state index in [0.717, 1.165) is 18.4 Å². The molecule has 0 atom stereocenters. The lowest BCUT2D eigenvalue weighted by molar-refractivity contribution is -0.138. The largest absolute Gasteiger partial charge is 0.481 e. The van der Waals surface area contributed by atoms with Crippen molar-refractivity contribution in [3.63, 3.8) is 0 Å². The Kier molecular flexibility index (Phi) is 5.40. The minimum atomic E-state index is -4.50. The normalized spacial score (nSPS) is 12.3. The first-order valence-electron chi connectivity index (χ1n) is 8.57. The maximum absolute atomic E-state index is 13.1. The molecule has 0 unspecified atom stereocenters. The fraction of sp³-hybridized carbons (Fsp3) is 0.190. The molecule has 0 spiro atoms. The van der Waals surface area contributed by atoms with Crippen LogP contribution in [0.25, 0.3) is 10.8 Å². The number of hydrogen-bond donors (Lipinski definition) is 1. The van der Waals surface area contributed by atoms with E-state index in [1.165, 1.54) is 18.2 Å². The molecule has 0 amide bonds. The summed E-state index contributed by atoms with van der Waals surface area (Å²) in [4.78, 5) is 11.2. The van der Waals surface area contributed by atoms with Gasteiger partial charge in [-0.3, -0.25) is 4.79 Å². The predicted molar refractivity (Wildman–Crippen MR) is 103 cm³/mol. The van der Waals surface area contributed by atoms with Gasteiger partial charge in [-0.05, 0) is 58.1 Å². The summed E-state index contributed by atoms with van der Waals surface area (Å²) < 4.78 is 62.6. The van der Waals surface area contributed by atoms with E-state index in [1.54, 1.807) is 24.3 Å². The smallest absolute Gasteiger partial charge is 0.416 e. The molecule has 3 aromatic carbocycles. The molecule has 0 aliphatic heterocycles. The van der Waals surface area contributed by atoms with Gasteiger partial charge in [-0.1, -0.05) is 30.3 Å². The van der Waals surface area contributed by atoms with Crippen LogP contribution in [0, 0.1) is 0 Å². The van der Waals surface area contributed by atoms with E-state index < -0.39 is 27.5 Å². The van der Waals surface area contributed by atoms with Gasteiger partial charge in [-0.25, -0.2) is 8.42 Å². The highest BCUT2D eigenvalue weighted by Gasteiger charge is 2.30. The molecule has 8 heteroatoms. The standard InChI is InChI=1S/C21H17F3O4S/c1-29(27,28)18-6-2-13(3-7-18)8-16-10-14(11-20(25)26)9-15-4-5-17(12-19(15)16)21(22,23)24/h2-7,9-10,12H,8,11H2,1H3,(H,25,26). The second-order valence-electron chi connectivity index (χ2n) is 6.85. The second kappa shape index (κ2) is 7.51. The first-order valence-corrected chi connectivity index (χ1v) is 10.5. The van der Waals surface area contributed by atoms with Gasteiger partial charge in [0.25, 0.3) is 0 Å². The van der Waals surface area contributed by atoms with Crippen molar-refractivity contribution in [3.05, 3.63) is 76.9 Å². The summed E-state index contributed by atoms with van der Waals surface area (Å²) in [6.45, 7) is 0. The Labute approximate surface area is 165 Å². The highest BCUT2D eigenvalue weighted by Crippen LogP contribution is 2.33. The number of carbonyl (C=O) groups is 1. The lowest BCUT2D eigenvalue weighted by Crippen LogP contribution is -2.06. The molecule has 1 N–H and O–H groups in total. The van der Waals surface area contributed by atoms with E-state index in [1.807, 2.05) is 0 Å². The molecule has 0 fully saturated rings. The van der Waals surface area contributed by atoms with E-state index in [-0.39, 0.29) is 17.7 Å². The zero-order valence-corrected chi connectivity index (χ0v) is 16.1. The topological polar surface area (TPSA) is 71.4 Å². The van der Waals surface area contributed by atoms with Gasteiger partial charge in [-0.2, -0.15) is 13.2 Å². The van der Waals surface area contributed by atoms with Crippen molar-refractivity contribution < 1.29 is 31.5 Å². The summed E-state index contributed by atoms with van der Waals surface area (Å²) in [5.74, 6) is -1.04. The maximum atomic E-state index is 13.1. The lowest BCUT2D eigenvalue weighted by atomic mass is 9.93. The number of rotatable bonds is 5. The third-order valence-electron chi connectivity index (χ3n) is 4.53. The summed E-state index contributed by atoms with van der Waals surface area (Å²) in [6, 6.07) is 12.6. The highest BCUT2D eigenvalue weighted by molar-refractivity contribution is 7.90. The third kappa shape index (κ3) is 4.95. The van der Waals surface area contributed by atoms with Crippen LogP contribution in [-0.4, -0.2) is 25.7 Å². The van der Waals surface area contributed by atoms with Gasteiger partial charge in [0, 0.05) is 6.26 Å². The molecule has 0 aromatic heterocycles. The van der Waals surface area contributed by atoms with Gasteiger partial charge >= 0.3 is 12.1 Å². The van der Waals surface area contributed by atoms with Crippen LogP contribution in [0.15, 0.2) is 59.5 Å². The van der Waals surface area contributed by atoms with Crippen LogP contribution in [0.1, 0.15) is 22.3 Å².